The summed E-state index contributed by atoms with van der Waals surface area (Å²) in [6, 6.07) is 16.0. The van der Waals surface area contributed by atoms with Gasteiger partial charge in [0.05, 0.1) is 6.54 Å². The van der Waals surface area contributed by atoms with E-state index in [1.807, 2.05) is 24.3 Å². The molecular formula is C25H32N6O2+2. The van der Waals surface area contributed by atoms with E-state index in [0.717, 1.165) is 48.8 Å². The van der Waals surface area contributed by atoms with Gasteiger partial charge < -0.3 is 15.5 Å². The van der Waals surface area contributed by atoms with Gasteiger partial charge in [0, 0.05) is 25.9 Å². The molecule has 2 fully saturated rings. The van der Waals surface area contributed by atoms with Crippen LogP contribution in [0.2, 0.25) is 0 Å². The van der Waals surface area contributed by atoms with E-state index in [1.54, 1.807) is 4.90 Å². The molecule has 2 saturated heterocycles. The van der Waals surface area contributed by atoms with Crippen LogP contribution < -0.4 is 21.4 Å². The van der Waals surface area contributed by atoms with E-state index in [0.29, 0.717) is 25.0 Å². The summed E-state index contributed by atoms with van der Waals surface area (Å²) < 4.78 is 0. The van der Waals surface area contributed by atoms with Crippen molar-refractivity contribution in [3.05, 3.63) is 59.7 Å². The molecule has 7 N–H and O–H groups in total. The summed E-state index contributed by atoms with van der Waals surface area (Å²) in [4.78, 5) is 33.9. The molecule has 33 heavy (non-hydrogen) atoms. The summed E-state index contributed by atoms with van der Waals surface area (Å²) in [6.07, 6.45) is 3.36. The molecule has 0 bridgehead atoms. The van der Waals surface area contributed by atoms with Gasteiger partial charge in [0.1, 0.15) is 17.1 Å². The maximum Gasteiger partial charge on any atom is 0.351 e. The monoisotopic (exact) mass is 448 g/mol. The standard InChI is InChI=1S/C25H30N6O2/c26-25-29-19-7-6-16(14-20(19)30-25)8-11-28-23(32)22-10-13-31(22)24(33)21-15-18(9-12-27-21)17-4-2-1-3-5-17/h1-7,14,18,21-22,27H,8-13,15H2,(H,28,32)(H3,26,29,30)/p+2/t18-,21+,22-/m0/s1. The van der Waals surface area contributed by atoms with Crippen LogP contribution in [-0.4, -0.2) is 53.4 Å². The number of nitrogens with zero attached hydrogens (tertiary/aromatic N) is 1. The number of quaternary nitrogens is 1. The first-order chi connectivity index (χ1) is 16.1. The first-order valence-corrected chi connectivity index (χ1v) is 11.8. The Kier molecular flexibility index (Phi) is 6.00. The van der Waals surface area contributed by atoms with Crippen molar-refractivity contribution < 1.29 is 19.9 Å². The first kappa shape index (κ1) is 21.5. The number of carbonyl (C=O) groups excluding carboxylic acids is 2. The molecule has 0 aliphatic carbocycles. The number of nitrogens with two attached hydrogens (primary N) is 2. The van der Waals surface area contributed by atoms with E-state index < -0.39 is 0 Å². The second kappa shape index (κ2) is 9.23. The molecule has 3 aromatic rings. The van der Waals surface area contributed by atoms with E-state index in [1.165, 1.54) is 5.56 Å². The average Bonchev–Trinajstić information content (AvgIpc) is 3.18. The van der Waals surface area contributed by atoms with Gasteiger partial charge in [0.15, 0.2) is 6.04 Å². The van der Waals surface area contributed by atoms with Gasteiger partial charge in [0.25, 0.3) is 5.91 Å². The van der Waals surface area contributed by atoms with Gasteiger partial charge in [-0.05, 0) is 42.0 Å². The highest BCUT2D eigenvalue weighted by Crippen LogP contribution is 2.27. The highest BCUT2D eigenvalue weighted by molar-refractivity contribution is 5.90. The lowest BCUT2D eigenvalue weighted by molar-refractivity contribution is -0.686. The molecule has 2 aromatic carbocycles. The number of amides is 2. The molecule has 172 valence electrons. The Morgan fingerprint density at radius 3 is 2.82 bits per heavy atom. The summed E-state index contributed by atoms with van der Waals surface area (Å²) in [5.74, 6) is 0.982. The molecule has 2 amide bonds. The molecule has 8 nitrogen and oxygen atoms in total. The van der Waals surface area contributed by atoms with Crippen molar-refractivity contribution in [3.8, 4) is 0 Å². The number of likely N-dealkylation sites (tertiary alicyclic amines) is 1. The molecule has 1 aromatic heterocycles. The third-order valence-electron chi connectivity index (χ3n) is 7.03. The molecule has 8 heteroatoms. The number of imidazole rings is 1. The number of nitrogen functional groups attached to an aromatic ring is 1. The van der Waals surface area contributed by atoms with E-state index in [2.05, 4.69) is 44.9 Å². The van der Waals surface area contributed by atoms with Gasteiger partial charge in [-0.25, -0.2) is 9.97 Å². The molecule has 3 atom stereocenters. The molecule has 2 aliphatic heterocycles. The molecule has 0 unspecified atom stereocenters. The van der Waals surface area contributed by atoms with Gasteiger partial charge in [-0.15, -0.1) is 0 Å². The van der Waals surface area contributed by atoms with Crippen LogP contribution in [0.15, 0.2) is 48.5 Å². The Balaban J connectivity index is 1.13. The Morgan fingerprint density at radius 2 is 2.03 bits per heavy atom. The predicted molar refractivity (Wildman–Crippen MR) is 125 cm³/mol. The highest BCUT2D eigenvalue weighted by Gasteiger charge is 2.43. The topological polar surface area (TPSA) is 122 Å². The lowest BCUT2D eigenvalue weighted by Gasteiger charge is -2.41. The normalized spacial score (nSPS) is 22.7. The van der Waals surface area contributed by atoms with Crippen molar-refractivity contribution in [1.29, 1.82) is 0 Å². The van der Waals surface area contributed by atoms with Gasteiger partial charge in [-0.3, -0.25) is 15.3 Å². The van der Waals surface area contributed by atoms with Crippen LogP contribution in [0, 0.1) is 0 Å². The highest BCUT2D eigenvalue weighted by atomic mass is 16.2. The minimum absolute atomic E-state index is 0.0523. The number of rotatable bonds is 6. The molecule has 2 aliphatic rings. The number of nitrogens with one attached hydrogen (secondary N) is 3. The number of hydrogen-bond donors (Lipinski definition) is 4. The minimum atomic E-state index is -0.344. The van der Waals surface area contributed by atoms with E-state index in [9.17, 15) is 9.59 Å². The van der Waals surface area contributed by atoms with Gasteiger partial charge in [-0.1, -0.05) is 36.4 Å². The van der Waals surface area contributed by atoms with Crippen molar-refractivity contribution >= 4 is 28.8 Å². The molecular weight excluding hydrogens is 416 g/mol. The van der Waals surface area contributed by atoms with E-state index in [-0.39, 0.29) is 23.9 Å². The number of carbonyl (C=O) groups is 2. The maximum absolute atomic E-state index is 13.2. The quantitative estimate of drug-likeness (QED) is 0.435. The van der Waals surface area contributed by atoms with Crippen molar-refractivity contribution in [2.24, 2.45) is 0 Å². The zero-order valence-electron chi connectivity index (χ0n) is 18.7. The fourth-order valence-corrected chi connectivity index (χ4v) is 5.11. The largest absolute Gasteiger partial charge is 0.354 e. The van der Waals surface area contributed by atoms with Crippen LogP contribution >= 0.6 is 0 Å². The summed E-state index contributed by atoms with van der Waals surface area (Å²) in [5, 5.41) is 5.17. The van der Waals surface area contributed by atoms with E-state index >= 15 is 0 Å². The lowest BCUT2D eigenvalue weighted by atomic mass is 9.85. The SMILES string of the molecule is Nc1[nH]c2cc(CCNC(=O)[C@@H]3CCN3C(=O)[C@H]3C[C@@H](c4ccccc4)CC[NH2+]3)ccc2[nH+]1. The summed E-state index contributed by atoms with van der Waals surface area (Å²) >= 11 is 0. The lowest BCUT2D eigenvalue weighted by Crippen LogP contribution is -2.95. The second-order valence-electron chi connectivity index (χ2n) is 9.18. The number of fused-ring (bicyclic) bond motifs is 1. The smallest absolute Gasteiger partial charge is 0.351 e. The molecule has 3 heterocycles. The van der Waals surface area contributed by atoms with Crippen LogP contribution in [-0.2, 0) is 16.0 Å². The number of H-pyrrole nitrogens is 2. The van der Waals surface area contributed by atoms with Crippen LogP contribution in [0.4, 0.5) is 5.95 Å². The Labute approximate surface area is 192 Å². The summed E-state index contributed by atoms with van der Waals surface area (Å²) in [5.41, 5.74) is 10.1. The summed E-state index contributed by atoms with van der Waals surface area (Å²) in [7, 11) is 0. The van der Waals surface area contributed by atoms with Gasteiger partial charge in [-0.2, -0.15) is 0 Å². The number of aromatic amines is 2. The number of piperidine rings is 1. The average molecular weight is 449 g/mol. The Morgan fingerprint density at radius 1 is 1.18 bits per heavy atom. The summed E-state index contributed by atoms with van der Waals surface area (Å²) in [6.45, 7) is 2.14. The maximum atomic E-state index is 13.2. The fraction of sp³-hybridized carbons (Fsp3) is 0.400. The number of hydrogen-bond acceptors (Lipinski definition) is 3. The fourth-order valence-electron chi connectivity index (χ4n) is 5.11. The van der Waals surface area contributed by atoms with Crippen molar-refractivity contribution in [1.82, 2.24) is 15.2 Å². The van der Waals surface area contributed by atoms with Gasteiger partial charge >= 0.3 is 5.95 Å². The Hall–Kier alpha value is -3.39. The third kappa shape index (κ3) is 4.57. The van der Waals surface area contributed by atoms with E-state index in [4.69, 9.17) is 5.73 Å². The van der Waals surface area contributed by atoms with Crippen molar-refractivity contribution in [3.63, 3.8) is 0 Å². The van der Waals surface area contributed by atoms with Crippen LogP contribution in [0.5, 0.6) is 0 Å². The molecule has 5 rings (SSSR count). The molecule has 0 radical (unpaired) electrons. The number of aromatic nitrogens is 2. The van der Waals surface area contributed by atoms with Crippen molar-refractivity contribution in [2.45, 2.75) is 43.7 Å². The van der Waals surface area contributed by atoms with Crippen molar-refractivity contribution in [2.75, 3.05) is 25.4 Å². The third-order valence-corrected chi connectivity index (χ3v) is 7.03. The molecule has 0 saturated carbocycles. The van der Waals surface area contributed by atoms with Crippen LogP contribution in [0.1, 0.15) is 36.3 Å². The zero-order valence-corrected chi connectivity index (χ0v) is 18.7. The number of benzene rings is 2. The van der Waals surface area contributed by atoms with Gasteiger partial charge in [0.2, 0.25) is 5.91 Å². The number of anilines is 1. The predicted octanol–water partition coefficient (Wildman–Crippen LogP) is 0.333. The van der Waals surface area contributed by atoms with Crippen LogP contribution in [0.25, 0.3) is 11.0 Å². The van der Waals surface area contributed by atoms with Crippen LogP contribution in [0.3, 0.4) is 0 Å². The minimum Gasteiger partial charge on any atom is -0.354 e. The Bertz CT molecular complexity index is 1140. The molecule has 0 spiro atoms. The second-order valence-corrected chi connectivity index (χ2v) is 9.18. The first-order valence-electron chi connectivity index (χ1n) is 11.8. The zero-order chi connectivity index (χ0) is 22.8.